The Morgan fingerprint density at radius 2 is 2.14 bits per heavy atom. The SMILES string of the molecule is CCC(C)(C)C(NC)c1ccc(Br)o1. The van der Waals surface area contributed by atoms with Gasteiger partial charge in [-0.25, -0.2) is 0 Å². The first-order valence-corrected chi connectivity index (χ1v) is 5.73. The normalized spacial score (nSPS) is 14.4. The van der Waals surface area contributed by atoms with E-state index in [2.05, 4.69) is 42.0 Å². The van der Waals surface area contributed by atoms with Gasteiger partial charge in [-0.2, -0.15) is 0 Å². The first-order valence-electron chi connectivity index (χ1n) is 4.93. The number of hydrogen-bond acceptors (Lipinski definition) is 2. The molecular formula is C11H18BrNO. The topological polar surface area (TPSA) is 25.2 Å². The lowest BCUT2D eigenvalue weighted by Crippen LogP contribution is -2.31. The van der Waals surface area contributed by atoms with E-state index in [4.69, 9.17) is 4.42 Å². The van der Waals surface area contributed by atoms with Crippen LogP contribution in [-0.2, 0) is 0 Å². The van der Waals surface area contributed by atoms with Gasteiger partial charge in [0, 0.05) is 0 Å². The molecule has 1 aromatic heterocycles. The van der Waals surface area contributed by atoms with Gasteiger partial charge < -0.3 is 9.73 Å². The standard InChI is InChI=1S/C11H18BrNO/c1-5-11(2,3)10(13-4)8-6-7-9(12)14-8/h6-7,10,13H,5H2,1-4H3. The minimum Gasteiger partial charge on any atom is -0.453 e. The fourth-order valence-electron chi connectivity index (χ4n) is 1.61. The summed E-state index contributed by atoms with van der Waals surface area (Å²) in [7, 11) is 1.97. The van der Waals surface area contributed by atoms with E-state index in [9.17, 15) is 0 Å². The fraction of sp³-hybridized carbons (Fsp3) is 0.636. The number of halogens is 1. The third kappa shape index (κ3) is 2.39. The van der Waals surface area contributed by atoms with Gasteiger partial charge in [0.05, 0.1) is 6.04 Å². The molecule has 14 heavy (non-hydrogen) atoms. The highest BCUT2D eigenvalue weighted by atomic mass is 79.9. The van der Waals surface area contributed by atoms with Crippen molar-refractivity contribution in [3.05, 3.63) is 22.6 Å². The summed E-state index contributed by atoms with van der Waals surface area (Å²) in [4.78, 5) is 0. The molecule has 1 heterocycles. The predicted octanol–water partition coefficient (Wildman–Crippen LogP) is 3.74. The van der Waals surface area contributed by atoms with Gasteiger partial charge in [-0.15, -0.1) is 0 Å². The van der Waals surface area contributed by atoms with Gasteiger partial charge in [0.15, 0.2) is 4.67 Å². The molecule has 0 aromatic carbocycles. The average molecular weight is 260 g/mol. The molecule has 0 aliphatic carbocycles. The number of hydrogen-bond donors (Lipinski definition) is 1. The maximum absolute atomic E-state index is 5.58. The van der Waals surface area contributed by atoms with Crippen molar-refractivity contribution in [3.8, 4) is 0 Å². The second-order valence-corrected chi connectivity index (χ2v) is 4.99. The molecule has 0 fully saturated rings. The zero-order valence-electron chi connectivity index (χ0n) is 9.23. The Labute approximate surface area is 94.2 Å². The second kappa shape index (κ2) is 4.49. The number of rotatable bonds is 4. The molecule has 1 atom stereocenters. The van der Waals surface area contributed by atoms with Crippen molar-refractivity contribution >= 4 is 15.9 Å². The predicted molar refractivity (Wildman–Crippen MR) is 62.3 cm³/mol. The van der Waals surface area contributed by atoms with Crippen LogP contribution in [0.1, 0.15) is 39.0 Å². The molecular weight excluding hydrogens is 242 g/mol. The zero-order valence-corrected chi connectivity index (χ0v) is 10.8. The van der Waals surface area contributed by atoms with Crippen LogP contribution in [0.5, 0.6) is 0 Å². The maximum atomic E-state index is 5.58. The summed E-state index contributed by atoms with van der Waals surface area (Å²) in [5.41, 5.74) is 0.200. The molecule has 1 rings (SSSR count). The van der Waals surface area contributed by atoms with Crippen molar-refractivity contribution in [3.63, 3.8) is 0 Å². The molecule has 80 valence electrons. The van der Waals surface area contributed by atoms with E-state index >= 15 is 0 Å². The lowest BCUT2D eigenvalue weighted by molar-refractivity contribution is 0.214. The minimum atomic E-state index is 0.200. The third-order valence-corrected chi connectivity index (χ3v) is 3.29. The van der Waals surface area contributed by atoms with E-state index in [1.807, 2.05) is 19.2 Å². The molecule has 0 aliphatic heterocycles. The van der Waals surface area contributed by atoms with Gasteiger partial charge in [-0.1, -0.05) is 20.8 Å². The first-order chi connectivity index (χ1) is 6.51. The molecule has 0 amide bonds. The highest BCUT2D eigenvalue weighted by Crippen LogP contribution is 2.37. The van der Waals surface area contributed by atoms with Gasteiger partial charge >= 0.3 is 0 Å². The van der Waals surface area contributed by atoms with Gasteiger partial charge in [0.2, 0.25) is 0 Å². The van der Waals surface area contributed by atoms with E-state index in [1.165, 1.54) is 0 Å². The summed E-state index contributed by atoms with van der Waals surface area (Å²) in [5.74, 6) is 0.992. The Bertz CT molecular complexity index is 293. The molecule has 1 unspecified atom stereocenters. The van der Waals surface area contributed by atoms with Crippen LogP contribution in [0.2, 0.25) is 0 Å². The van der Waals surface area contributed by atoms with E-state index in [-0.39, 0.29) is 11.5 Å². The number of nitrogens with one attached hydrogen (secondary N) is 1. The lowest BCUT2D eigenvalue weighted by atomic mass is 9.81. The Hall–Kier alpha value is -0.280. The van der Waals surface area contributed by atoms with Crippen LogP contribution < -0.4 is 5.32 Å². The molecule has 0 bridgehead atoms. The van der Waals surface area contributed by atoms with Crippen LogP contribution in [0.25, 0.3) is 0 Å². The van der Waals surface area contributed by atoms with Gasteiger partial charge in [0.1, 0.15) is 5.76 Å². The van der Waals surface area contributed by atoms with Crippen LogP contribution in [0, 0.1) is 5.41 Å². The van der Waals surface area contributed by atoms with Gasteiger partial charge in [0.25, 0.3) is 0 Å². The number of furan rings is 1. The van der Waals surface area contributed by atoms with Crippen molar-refractivity contribution < 1.29 is 4.42 Å². The summed E-state index contributed by atoms with van der Waals surface area (Å²) < 4.78 is 6.37. The summed E-state index contributed by atoms with van der Waals surface area (Å²) in [6.45, 7) is 6.68. The van der Waals surface area contributed by atoms with Crippen molar-refractivity contribution in [1.82, 2.24) is 5.32 Å². The highest BCUT2D eigenvalue weighted by Gasteiger charge is 2.30. The highest BCUT2D eigenvalue weighted by molar-refractivity contribution is 9.10. The van der Waals surface area contributed by atoms with E-state index in [0.29, 0.717) is 0 Å². The largest absolute Gasteiger partial charge is 0.453 e. The Morgan fingerprint density at radius 3 is 2.50 bits per heavy atom. The molecule has 1 aromatic rings. The zero-order chi connectivity index (χ0) is 10.8. The summed E-state index contributed by atoms with van der Waals surface area (Å²) in [6.07, 6.45) is 1.11. The van der Waals surface area contributed by atoms with Gasteiger partial charge in [-0.3, -0.25) is 0 Å². The lowest BCUT2D eigenvalue weighted by Gasteiger charge is -2.31. The summed E-state index contributed by atoms with van der Waals surface area (Å²) >= 11 is 3.32. The average Bonchev–Trinajstić information content (AvgIpc) is 2.53. The van der Waals surface area contributed by atoms with Crippen molar-refractivity contribution in [2.24, 2.45) is 5.41 Å². The second-order valence-electron chi connectivity index (χ2n) is 4.21. The molecule has 0 radical (unpaired) electrons. The minimum absolute atomic E-state index is 0.200. The Morgan fingerprint density at radius 1 is 1.50 bits per heavy atom. The van der Waals surface area contributed by atoms with Crippen LogP contribution >= 0.6 is 15.9 Å². The van der Waals surface area contributed by atoms with Crippen molar-refractivity contribution in [2.45, 2.75) is 33.2 Å². The van der Waals surface area contributed by atoms with Crippen LogP contribution in [0.4, 0.5) is 0 Å². The van der Waals surface area contributed by atoms with Crippen molar-refractivity contribution in [1.29, 1.82) is 0 Å². The molecule has 0 saturated heterocycles. The fourth-order valence-corrected chi connectivity index (χ4v) is 1.92. The molecule has 0 spiro atoms. The molecule has 0 aliphatic rings. The molecule has 0 saturated carbocycles. The third-order valence-electron chi connectivity index (χ3n) is 2.86. The van der Waals surface area contributed by atoms with Crippen LogP contribution in [-0.4, -0.2) is 7.05 Å². The van der Waals surface area contributed by atoms with Crippen LogP contribution in [0.15, 0.2) is 21.2 Å². The van der Waals surface area contributed by atoms with E-state index in [1.54, 1.807) is 0 Å². The van der Waals surface area contributed by atoms with Crippen molar-refractivity contribution in [2.75, 3.05) is 7.05 Å². The quantitative estimate of drug-likeness (QED) is 0.892. The van der Waals surface area contributed by atoms with E-state index in [0.717, 1.165) is 16.9 Å². The molecule has 2 nitrogen and oxygen atoms in total. The van der Waals surface area contributed by atoms with Gasteiger partial charge in [-0.05, 0) is 46.9 Å². The summed E-state index contributed by atoms with van der Waals surface area (Å²) in [5, 5.41) is 3.31. The Balaban J connectivity index is 2.92. The smallest absolute Gasteiger partial charge is 0.169 e. The van der Waals surface area contributed by atoms with E-state index < -0.39 is 0 Å². The first kappa shape index (κ1) is 11.8. The Kier molecular flexibility index (Phi) is 3.78. The molecule has 3 heteroatoms. The molecule has 1 N–H and O–H groups in total. The van der Waals surface area contributed by atoms with Crippen LogP contribution in [0.3, 0.4) is 0 Å². The maximum Gasteiger partial charge on any atom is 0.169 e. The monoisotopic (exact) mass is 259 g/mol. The summed E-state index contributed by atoms with van der Waals surface area (Å²) in [6, 6.07) is 4.22.